The second-order valence-electron chi connectivity index (χ2n) is 4.05. The zero-order chi connectivity index (χ0) is 12.3. The predicted molar refractivity (Wildman–Crippen MR) is 69.4 cm³/mol. The van der Waals surface area contributed by atoms with E-state index in [1.807, 2.05) is 6.92 Å². The summed E-state index contributed by atoms with van der Waals surface area (Å²) >= 11 is 5.28. The number of hydrogen-bond acceptors (Lipinski definition) is 3. The number of nitrogens with one attached hydrogen (secondary N) is 2. The van der Waals surface area contributed by atoms with Crippen LogP contribution in [0.3, 0.4) is 0 Å². The van der Waals surface area contributed by atoms with E-state index in [0.29, 0.717) is 17.2 Å². The largest absolute Gasteiger partial charge is 0.462 e. The molecule has 1 aliphatic rings. The maximum absolute atomic E-state index is 11.9. The van der Waals surface area contributed by atoms with Crippen molar-refractivity contribution in [3.05, 3.63) is 23.0 Å². The van der Waals surface area contributed by atoms with Gasteiger partial charge in [-0.2, -0.15) is 0 Å². The number of ether oxygens (including phenoxy) is 1. The molecule has 2 N–H and O–H groups in total. The van der Waals surface area contributed by atoms with Crippen LogP contribution < -0.4 is 5.32 Å². The average Bonchev–Trinajstić information content (AvgIpc) is 2.67. The summed E-state index contributed by atoms with van der Waals surface area (Å²) in [5.41, 5.74) is 2.40. The van der Waals surface area contributed by atoms with Crippen molar-refractivity contribution in [2.24, 2.45) is 0 Å². The van der Waals surface area contributed by atoms with Gasteiger partial charge in [-0.3, -0.25) is 0 Å². The first kappa shape index (κ1) is 12.1. The first-order valence-corrected chi connectivity index (χ1v) is 6.30. The van der Waals surface area contributed by atoms with Gasteiger partial charge in [-0.05, 0) is 19.3 Å². The fourth-order valence-corrected chi connectivity index (χ4v) is 2.25. The molecule has 0 aliphatic carbocycles. The van der Waals surface area contributed by atoms with Crippen LogP contribution in [0, 0.1) is 0 Å². The van der Waals surface area contributed by atoms with Crippen molar-refractivity contribution in [1.29, 1.82) is 0 Å². The molecule has 1 aromatic heterocycles. The number of carbonyl (C=O) groups excluding carboxylic acids is 1. The van der Waals surface area contributed by atoms with Crippen LogP contribution in [0.25, 0.3) is 0 Å². The minimum Gasteiger partial charge on any atom is -0.462 e. The molecule has 0 aromatic carbocycles. The molecule has 1 aliphatic heterocycles. The standard InChI is InChI=1S/C12H16N2O2S/c1-2-6-16-12(15)8-7-14-9-4-3-5-13-11(17)10(8)9/h7,14H,2-6H2,1H3,(H,13,17). The number of rotatable bonds is 3. The summed E-state index contributed by atoms with van der Waals surface area (Å²) in [5.74, 6) is -0.296. The molecule has 0 unspecified atom stereocenters. The highest BCUT2D eigenvalue weighted by molar-refractivity contribution is 7.80. The van der Waals surface area contributed by atoms with Crippen molar-refractivity contribution in [2.45, 2.75) is 26.2 Å². The summed E-state index contributed by atoms with van der Waals surface area (Å²) in [5, 5.41) is 3.14. The molecule has 0 saturated carbocycles. The lowest BCUT2D eigenvalue weighted by atomic mass is 10.1. The Morgan fingerprint density at radius 3 is 3.18 bits per heavy atom. The van der Waals surface area contributed by atoms with Crippen LogP contribution in [0.5, 0.6) is 0 Å². The predicted octanol–water partition coefficient (Wildman–Crippen LogP) is 1.79. The fraction of sp³-hybridized carbons (Fsp3) is 0.500. The quantitative estimate of drug-likeness (QED) is 0.636. The molecule has 17 heavy (non-hydrogen) atoms. The molecular formula is C12H16N2O2S. The molecule has 2 heterocycles. The van der Waals surface area contributed by atoms with Crippen LogP contribution in [0.2, 0.25) is 0 Å². The van der Waals surface area contributed by atoms with Crippen molar-refractivity contribution >= 4 is 23.2 Å². The van der Waals surface area contributed by atoms with E-state index >= 15 is 0 Å². The summed E-state index contributed by atoms with van der Waals surface area (Å²) in [6, 6.07) is 0. The third kappa shape index (κ3) is 2.49. The minimum atomic E-state index is -0.296. The van der Waals surface area contributed by atoms with Crippen LogP contribution in [-0.4, -0.2) is 29.1 Å². The molecule has 0 bridgehead atoms. The van der Waals surface area contributed by atoms with Gasteiger partial charge in [0.05, 0.1) is 12.2 Å². The van der Waals surface area contributed by atoms with E-state index in [1.165, 1.54) is 0 Å². The molecule has 2 rings (SSSR count). The van der Waals surface area contributed by atoms with Gasteiger partial charge in [-0.15, -0.1) is 0 Å². The Bertz CT molecular complexity index is 440. The molecule has 0 radical (unpaired) electrons. The zero-order valence-corrected chi connectivity index (χ0v) is 10.7. The van der Waals surface area contributed by atoms with E-state index in [2.05, 4.69) is 10.3 Å². The molecule has 1 aromatic rings. The molecule has 92 valence electrons. The van der Waals surface area contributed by atoms with Crippen LogP contribution >= 0.6 is 12.2 Å². The topological polar surface area (TPSA) is 54.1 Å². The summed E-state index contributed by atoms with van der Waals surface area (Å²) in [6.45, 7) is 3.26. The van der Waals surface area contributed by atoms with E-state index < -0.39 is 0 Å². The van der Waals surface area contributed by atoms with E-state index in [1.54, 1.807) is 6.20 Å². The molecule has 0 atom stereocenters. The second kappa shape index (κ2) is 5.31. The molecule has 0 saturated heterocycles. The van der Waals surface area contributed by atoms with Gasteiger partial charge in [-0.25, -0.2) is 4.79 Å². The molecular weight excluding hydrogens is 236 g/mol. The number of fused-ring (bicyclic) bond motifs is 1. The fourth-order valence-electron chi connectivity index (χ4n) is 1.91. The van der Waals surface area contributed by atoms with E-state index in [0.717, 1.165) is 37.1 Å². The number of hydrogen-bond donors (Lipinski definition) is 2. The number of aromatic amines is 1. The molecule has 4 nitrogen and oxygen atoms in total. The summed E-state index contributed by atoms with van der Waals surface area (Å²) in [7, 11) is 0. The number of aromatic nitrogens is 1. The normalized spacial score (nSPS) is 14.8. The van der Waals surface area contributed by atoms with Crippen molar-refractivity contribution in [2.75, 3.05) is 13.2 Å². The van der Waals surface area contributed by atoms with Gasteiger partial charge in [-0.1, -0.05) is 19.1 Å². The molecule has 5 heteroatoms. The van der Waals surface area contributed by atoms with Gasteiger partial charge >= 0.3 is 5.97 Å². The average molecular weight is 252 g/mol. The maximum atomic E-state index is 11.9. The first-order valence-electron chi connectivity index (χ1n) is 5.89. The third-order valence-electron chi connectivity index (χ3n) is 2.74. The van der Waals surface area contributed by atoms with Crippen molar-refractivity contribution in [3.63, 3.8) is 0 Å². The number of thiocarbonyl (C=S) groups is 1. The van der Waals surface area contributed by atoms with E-state index in [4.69, 9.17) is 17.0 Å². The Hall–Kier alpha value is -1.36. The van der Waals surface area contributed by atoms with Crippen LogP contribution in [0.4, 0.5) is 0 Å². The van der Waals surface area contributed by atoms with Gasteiger partial charge in [0.2, 0.25) is 0 Å². The Balaban J connectivity index is 2.27. The van der Waals surface area contributed by atoms with Crippen LogP contribution in [0.15, 0.2) is 6.20 Å². The lowest BCUT2D eigenvalue weighted by Gasteiger charge is -2.06. The summed E-state index contributed by atoms with van der Waals surface area (Å²) < 4.78 is 5.14. The van der Waals surface area contributed by atoms with Crippen LogP contribution in [0.1, 0.15) is 41.4 Å². The highest BCUT2D eigenvalue weighted by Gasteiger charge is 2.22. The van der Waals surface area contributed by atoms with Crippen molar-refractivity contribution < 1.29 is 9.53 Å². The molecule has 0 fully saturated rings. The summed E-state index contributed by atoms with van der Waals surface area (Å²) in [6.07, 6.45) is 4.43. The van der Waals surface area contributed by atoms with Gasteiger partial charge < -0.3 is 15.0 Å². The van der Waals surface area contributed by atoms with Crippen molar-refractivity contribution in [3.8, 4) is 0 Å². The van der Waals surface area contributed by atoms with Crippen molar-refractivity contribution in [1.82, 2.24) is 10.3 Å². The Morgan fingerprint density at radius 1 is 1.59 bits per heavy atom. The zero-order valence-electron chi connectivity index (χ0n) is 9.84. The second-order valence-corrected chi connectivity index (χ2v) is 4.46. The lowest BCUT2D eigenvalue weighted by molar-refractivity contribution is 0.0505. The number of aryl methyl sites for hydroxylation is 1. The van der Waals surface area contributed by atoms with Crippen LogP contribution in [-0.2, 0) is 11.2 Å². The Labute approximate surface area is 106 Å². The Kier molecular flexibility index (Phi) is 3.78. The van der Waals surface area contributed by atoms with E-state index in [-0.39, 0.29) is 5.97 Å². The smallest absolute Gasteiger partial charge is 0.340 e. The number of esters is 1. The SMILES string of the molecule is CCCOC(=O)c1c[nH]c2c1C(=S)NCCC2. The lowest BCUT2D eigenvalue weighted by Crippen LogP contribution is -2.23. The summed E-state index contributed by atoms with van der Waals surface area (Å²) in [4.78, 5) is 15.6. The highest BCUT2D eigenvalue weighted by atomic mass is 32.1. The Morgan fingerprint density at radius 2 is 2.41 bits per heavy atom. The minimum absolute atomic E-state index is 0.296. The number of H-pyrrole nitrogens is 1. The highest BCUT2D eigenvalue weighted by Crippen LogP contribution is 2.19. The molecule has 0 spiro atoms. The maximum Gasteiger partial charge on any atom is 0.340 e. The van der Waals surface area contributed by atoms with Gasteiger partial charge in [0.25, 0.3) is 0 Å². The number of carbonyl (C=O) groups is 1. The molecule has 0 amide bonds. The van der Waals surface area contributed by atoms with E-state index in [9.17, 15) is 4.79 Å². The van der Waals surface area contributed by atoms with Gasteiger partial charge in [0.15, 0.2) is 0 Å². The monoisotopic (exact) mass is 252 g/mol. The van der Waals surface area contributed by atoms with Gasteiger partial charge in [0, 0.05) is 24.0 Å². The first-order chi connectivity index (χ1) is 8.24. The van der Waals surface area contributed by atoms with Gasteiger partial charge in [0.1, 0.15) is 4.99 Å². The third-order valence-corrected chi connectivity index (χ3v) is 3.08.